The number of anilines is 3. The first-order chi connectivity index (χ1) is 17.8. The smallest absolute Gasteiger partial charge is 0.0991 e. The van der Waals surface area contributed by atoms with Gasteiger partial charge in [0.15, 0.2) is 0 Å². The predicted octanol–water partition coefficient (Wildman–Crippen LogP) is 9.70. The van der Waals surface area contributed by atoms with Crippen LogP contribution in [0.5, 0.6) is 0 Å². The van der Waals surface area contributed by atoms with E-state index in [2.05, 4.69) is 102 Å². The average molecular weight is 477 g/mol. The summed E-state index contributed by atoms with van der Waals surface area (Å²) in [5, 5.41) is 16.9. The third kappa shape index (κ3) is 3.24. The van der Waals surface area contributed by atoms with Gasteiger partial charge in [0.05, 0.1) is 17.3 Å². The van der Waals surface area contributed by atoms with E-state index in [4.69, 9.17) is 0 Å². The second-order valence-electron chi connectivity index (χ2n) is 8.94. The highest BCUT2D eigenvalue weighted by Crippen LogP contribution is 2.46. The molecular weight excluding hydrogens is 456 g/mol. The molecule has 1 heterocycles. The van der Waals surface area contributed by atoms with Crippen LogP contribution in [0.15, 0.2) is 121 Å². The SMILES string of the molecule is N#Cc1ccc(N(c2ccccc2)c2cc3sc4cc5ccccc5cc4c3c3ccccc23)cc1. The zero-order valence-corrected chi connectivity index (χ0v) is 20.2. The fourth-order valence-electron chi connectivity index (χ4n) is 5.18. The van der Waals surface area contributed by atoms with Gasteiger partial charge in [0, 0.05) is 36.9 Å². The summed E-state index contributed by atoms with van der Waals surface area (Å²) in [7, 11) is 0. The molecule has 0 aliphatic carbocycles. The van der Waals surface area contributed by atoms with E-state index in [9.17, 15) is 5.26 Å². The molecular formula is C33H20N2S. The minimum atomic E-state index is 0.656. The fraction of sp³-hybridized carbons (Fsp3) is 0. The summed E-state index contributed by atoms with van der Waals surface area (Å²) in [6.07, 6.45) is 0. The van der Waals surface area contributed by atoms with Gasteiger partial charge in [-0.15, -0.1) is 11.3 Å². The Morgan fingerprint density at radius 1 is 0.556 bits per heavy atom. The van der Waals surface area contributed by atoms with E-state index in [1.54, 1.807) is 0 Å². The topological polar surface area (TPSA) is 27.0 Å². The molecule has 0 N–H and O–H groups in total. The number of fused-ring (bicyclic) bond motifs is 6. The Bertz CT molecular complexity index is 1940. The number of hydrogen-bond donors (Lipinski definition) is 0. The lowest BCUT2D eigenvalue weighted by atomic mass is 9.99. The predicted molar refractivity (Wildman–Crippen MR) is 154 cm³/mol. The monoisotopic (exact) mass is 476 g/mol. The van der Waals surface area contributed by atoms with Crippen LogP contribution < -0.4 is 4.90 Å². The second kappa shape index (κ2) is 8.23. The number of benzene rings is 6. The molecule has 0 atom stereocenters. The minimum Gasteiger partial charge on any atom is -0.310 e. The van der Waals surface area contributed by atoms with E-state index in [0.717, 1.165) is 17.1 Å². The first-order valence-electron chi connectivity index (χ1n) is 11.9. The van der Waals surface area contributed by atoms with E-state index in [0.29, 0.717) is 5.56 Å². The lowest BCUT2D eigenvalue weighted by Crippen LogP contribution is -2.10. The van der Waals surface area contributed by atoms with Crippen molar-refractivity contribution >= 4 is 70.1 Å². The highest BCUT2D eigenvalue weighted by atomic mass is 32.1. The van der Waals surface area contributed by atoms with Crippen molar-refractivity contribution < 1.29 is 0 Å². The van der Waals surface area contributed by atoms with E-state index >= 15 is 0 Å². The van der Waals surface area contributed by atoms with E-state index in [-0.39, 0.29) is 0 Å². The molecule has 0 saturated heterocycles. The summed E-state index contributed by atoms with van der Waals surface area (Å²) in [6.45, 7) is 0. The van der Waals surface area contributed by atoms with Crippen LogP contribution in [0, 0.1) is 11.3 Å². The Morgan fingerprint density at radius 2 is 1.19 bits per heavy atom. The molecule has 2 nitrogen and oxygen atoms in total. The minimum absolute atomic E-state index is 0.656. The van der Waals surface area contributed by atoms with Gasteiger partial charge < -0.3 is 4.90 Å². The number of thiophene rings is 1. The second-order valence-corrected chi connectivity index (χ2v) is 10.0. The highest BCUT2D eigenvalue weighted by Gasteiger charge is 2.19. The van der Waals surface area contributed by atoms with Gasteiger partial charge >= 0.3 is 0 Å². The third-order valence-electron chi connectivity index (χ3n) is 6.83. The van der Waals surface area contributed by atoms with Crippen LogP contribution in [0.1, 0.15) is 5.56 Å². The Morgan fingerprint density at radius 3 is 1.94 bits per heavy atom. The van der Waals surface area contributed by atoms with Crippen LogP contribution in [0.3, 0.4) is 0 Å². The molecule has 168 valence electrons. The Balaban J connectivity index is 1.57. The van der Waals surface area contributed by atoms with Gasteiger partial charge in [0.1, 0.15) is 0 Å². The molecule has 7 aromatic rings. The molecule has 3 heteroatoms. The molecule has 1 aromatic heterocycles. The molecule has 0 amide bonds. The van der Waals surface area contributed by atoms with Crippen molar-refractivity contribution in [2.24, 2.45) is 0 Å². The van der Waals surface area contributed by atoms with E-state index < -0.39 is 0 Å². The summed E-state index contributed by atoms with van der Waals surface area (Å²) >= 11 is 1.85. The zero-order chi connectivity index (χ0) is 24.1. The van der Waals surface area contributed by atoms with Gasteiger partial charge in [-0.2, -0.15) is 5.26 Å². The molecule has 6 aromatic carbocycles. The van der Waals surface area contributed by atoms with E-state index in [1.165, 1.54) is 41.7 Å². The molecule has 0 unspecified atom stereocenters. The lowest BCUT2D eigenvalue weighted by molar-refractivity contribution is 1.30. The van der Waals surface area contributed by atoms with Crippen molar-refractivity contribution in [1.82, 2.24) is 0 Å². The highest BCUT2D eigenvalue weighted by molar-refractivity contribution is 7.26. The van der Waals surface area contributed by atoms with Gasteiger partial charge in [0.25, 0.3) is 0 Å². The number of hydrogen-bond acceptors (Lipinski definition) is 3. The lowest BCUT2D eigenvalue weighted by Gasteiger charge is -2.27. The van der Waals surface area contributed by atoms with Crippen molar-refractivity contribution in [2.45, 2.75) is 0 Å². The fourth-order valence-corrected chi connectivity index (χ4v) is 6.37. The van der Waals surface area contributed by atoms with Crippen molar-refractivity contribution in [3.8, 4) is 6.07 Å². The summed E-state index contributed by atoms with van der Waals surface area (Å²) in [5.41, 5.74) is 3.89. The van der Waals surface area contributed by atoms with Crippen molar-refractivity contribution in [2.75, 3.05) is 4.90 Å². The maximum absolute atomic E-state index is 9.34. The molecule has 0 fully saturated rings. The Hall–Kier alpha value is -4.65. The van der Waals surface area contributed by atoms with Gasteiger partial charge in [-0.25, -0.2) is 0 Å². The molecule has 0 aliphatic rings. The third-order valence-corrected chi connectivity index (χ3v) is 7.93. The standard InChI is InChI=1S/C33H20N2S/c34-21-22-14-16-26(17-15-22)35(25-10-2-1-3-11-25)30-20-32-33(28-13-7-6-12-27(28)30)29-18-23-8-4-5-9-24(23)19-31(29)36-32/h1-20H. The van der Waals surface area contributed by atoms with Crippen LogP contribution >= 0.6 is 11.3 Å². The van der Waals surface area contributed by atoms with Crippen LogP contribution in [-0.2, 0) is 0 Å². The van der Waals surface area contributed by atoms with Crippen molar-refractivity contribution in [3.05, 3.63) is 127 Å². The molecule has 0 radical (unpaired) electrons. The molecule has 0 aliphatic heterocycles. The maximum atomic E-state index is 9.34. The zero-order valence-electron chi connectivity index (χ0n) is 19.3. The number of para-hydroxylation sites is 1. The molecule has 36 heavy (non-hydrogen) atoms. The number of nitriles is 1. The van der Waals surface area contributed by atoms with Crippen LogP contribution in [-0.4, -0.2) is 0 Å². The van der Waals surface area contributed by atoms with E-state index in [1.807, 2.05) is 41.7 Å². The van der Waals surface area contributed by atoms with Crippen LogP contribution in [0.25, 0.3) is 41.7 Å². The van der Waals surface area contributed by atoms with Gasteiger partial charge in [0.2, 0.25) is 0 Å². The van der Waals surface area contributed by atoms with Crippen molar-refractivity contribution in [1.29, 1.82) is 5.26 Å². The first kappa shape index (κ1) is 20.7. The molecule has 0 saturated carbocycles. The van der Waals surface area contributed by atoms with Gasteiger partial charge in [-0.1, -0.05) is 66.7 Å². The molecule has 7 rings (SSSR count). The first-order valence-corrected chi connectivity index (χ1v) is 12.7. The normalized spacial score (nSPS) is 11.3. The molecule has 0 bridgehead atoms. The molecule has 0 spiro atoms. The van der Waals surface area contributed by atoms with Gasteiger partial charge in [-0.05, 0) is 70.8 Å². The quantitative estimate of drug-likeness (QED) is 0.254. The average Bonchev–Trinajstić information content (AvgIpc) is 3.30. The summed E-state index contributed by atoms with van der Waals surface area (Å²) in [6, 6.07) is 44.8. The van der Waals surface area contributed by atoms with Gasteiger partial charge in [-0.3, -0.25) is 0 Å². The van der Waals surface area contributed by atoms with Crippen LogP contribution in [0.4, 0.5) is 17.1 Å². The van der Waals surface area contributed by atoms with Crippen LogP contribution in [0.2, 0.25) is 0 Å². The summed E-state index contributed by atoms with van der Waals surface area (Å²) in [4.78, 5) is 2.30. The Kier molecular flexibility index (Phi) is 4.73. The number of nitrogens with zero attached hydrogens (tertiary/aromatic N) is 2. The summed E-state index contributed by atoms with van der Waals surface area (Å²) < 4.78 is 2.57. The Labute approximate surface area is 212 Å². The largest absolute Gasteiger partial charge is 0.310 e. The number of rotatable bonds is 3. The van der Waals surface area contributed by atoms with Crippen molar-refractivity contribution in [3.63, 3.8) is 0 Å². The summed E-state index contributed by atoms with van der Waals surface area (Å²) in [5.74, 6) is 0. The maximum Gasteiger partial charge on any atom is 0.0991 e.